The SMILES string of the molecule is C=C(C)CN=c1scc(-c2ccco2)n1N=Cc1ccc2c(c1)OCO2. The van der Waals surface area contributed by atoms with Crippen molar-refractivity contribution >= 4 is 17.6 Å². The van der Waals surface area contributed by atoms with Gasteiger partial charge in [-0.3, -0.25) is 4.99 Å². The van der Waals surface area contributed by atoms with Crippen molar-refractivity contribution in [3.63, 3.8) is 0 Å². The van der Waals surface area contributed by atoms with Crippen molar-refractivity contribution in [3.8, 4) is 23.0 Å². The lowest BCUT2D eigenvalue weighted by molar-refractivity contribution is 0.174. The lowest BCUT2D eigenvalue weighted by Gasteiger charge is -2.01. The number of aromatic nitrogens is 1. The van der Waals surface area contributed by atoms with Gasteiger partial charge in [0.2, 0.25) is 11.6 Å². The maximum Gasteiger partial charge on any atom is 0.231 e. The van der Waals surface area contributed by atoms with Crippen molar-refractivity contribution in [1.29, 1.82) is 0 Å². The number of hydrogen-bond donors (Lipinski definition) is 0. The van der Waals surface area contributed by atoms with Gasteiger partial charge in [0.05, 0.1) is 19.0 Å². The zero-order valence-electron chi connectivity index (χ0n) is 14.2. The fourth-order valence-corrected chi connectivity index (χ4v) is 3.25. The van der Waals surface area contributed by atoms with Gasteiger partial charge in [0.25, 0.3) is 0 Å². The van der Waals surface area contributed by atoms with Gasteiger partial charge < -0.3 is 13.9 Å². The summed E-state index contributed by atoms with van der Waals surface area (Å²) >= 11 is 1.51. The number of nitrogens with zero attached hydrogens (tertiary/aromatic N) is 3. The van der Waals surface area contributed by atoms with Gasteiger partial charge in [-0.2, -0.15) is 5.10 Å². The average molecular weight is 367 g/mol. The van der Waals surface area contributed by atoms with Crippen molar-refractivity contribution < 1.29 is 13.9 Å². The molecule has 0 radical (unpaired) electrons. The summed E-state index contributed by atoms with van der Waals surface area (Å²) in [6.45, 7) is 6.66. The van der Waals surface area contributed by atoms with Gasteiger partial charge in [0.1, 0.15) is 5.69 Å². The standard InChI is InChI=1S/C19H17N3O3S/c1-13(2)9-20-19-22(15(11-26-19)16-4-3-7-23-16)21-10-14-5-6-17-18(8-14)25-12-24-17/h3-8,10-11H,1,9,12H2,2H3. The van der Waals surface area contributed by atoms with Crippen LogP contribution in [-0.4, -0.2) is 24.2 Å². The van der Waals surface area contributed by atoms with Gasteiger partial charge in [0, 0.05) is 5.38 Å². The Kier molecular flexibility index (Phi) is 4.45. The molecular weight excluding hydrogens is 350 g/mol. The highest BCUT2D eigenvalue weighted by atomic mass is 32.1. The van der Waals surface area contributed by atoms with E-state index in [0.717, 1.165) is 38.9 Å². The molecule has 0 aliphatic carbocycles. The normalized spacial score (nSPS) is 13.7. The predicted octanol–water partition coefficient (Wildman–Crippen LogP) is 3.90. The monoisotopic (exact) mass is 367 g/mol. The van der Waals surface area contributed by atoms with E-state index in [2.05, 4.69) is 16.7 Å². The Morgan fingerprint density at radius 2 is 2.19 bits per heavy atom. The Hall–Kier alpha value is -3.06. The van der Waals surface area contributed by atoms with Crippen LogP contribution in [0.25, 0.3) is 11.5 Å². The molecule has 0 saturated heterocycles. The third kappa shape index (κ3) is 3.34. The van der Waals surface area contributed by atoms with E-state index in [1.165, 1.54) is 11.3 Å². The Balaban J connectivity index is 1.73. The molecule has 0 bridgehead atoms. The van der Waals surface area contributed by atoms with E-state index in [0.29, 0.717) is 6.54 Å². The number of rotatable bonds is 5. The maximum absolute atomic E-state index is 5.53. The minimum absolute atomic E-state index is 0.252. The molecule has 26 heavy (non-hydrogen) atoms. The minimum atomic E-state index is 0.252. The van der Waals surface area contributed by atoms with Gasteiger partial charge in [-0.1, -0.05) is 12.2 Å². The Morgan fingerprint density at radius 3 is 3.00 bits per heavy atom. The topological polar surface area (TPSA) is 61.2 Å². The highest BCUT2D eigenvalue weighted by Gasteiger charge is 2.13. The Morgan fingerprint density at radius 1 is 1.31 bits per heavy atom. The zero-order valence-corrected chi connectivity index (χ0v) is 15.0. The van der Waals surface area contributed by atoms with Crippen LogP contribution >= 0.6 is 11.3 Å². The summed E-state index contributed by atoms with van der Waals surface area (Å²) in [7, 11) is 0. The Bertz CT molecular complexity index is 1030. The second-order valence-corrected chi connectivity index (χ2v) is 6.66. The van der Waals surface area contributed by atoms with Gasteiger partial charge in [-0.25, -0.2) is 4.68 Å². The number of ether oxygens (including phenoxy) is 2. The van der Waals surface area contributed by atoms with E-state index in [1.807, 2.05) is 42.6 Å². The fraction of sp³-hybridized carbons (Fsp3) is 0.158. The number of hydrogen-bond acceptors (Lipinski definition) is 6. The number of fused-ring (bicyclic) bond motifs is 1. The molecule has 0 unspecified atom stereocenters. The molecule has 2 aromatic heterocycles. The van der Waals surface area contributed by atoms with Crippen molar-refractivity contribution in [2.45, 2.75) is 6.92 Å². The molecule has 0 saturated carbocycles. The van der Waals surface area contributed by atoms with Crippen LogP contribution in [0.15, 0.2) is 68.6 Å². The van der Waals surface area contributed by atoms with Gasteiger partial charge in [-0.05, 0) is 42.8 Å². The summed E-state index contributed by atoms with van der Waals surface area (Å²) in [6.07, 6.45) is 3.41. The van der Waals surface area contributed by atoms with Crippen LogP contribution in [0.1, 0.15) is 12.5 Å². The van der Waals surface area contributed by atoms with Crippen LogP contribution in [0.2, 0.25) is 0 Å². The van der Waals surface area contributed by atoms with Crippen molar-refractivity contribution in [1.82, 2.24) is 4.68 Å². The third-order valence-electron chi connectivity index (χ3n) is 3.66. The molecule has 4 rings (SSSR count). The summed E-state index contributed by atoms with van der Waals surface area (Å²) in [5, 5.41) is 6.60. The zero-order chi connectivity index (χ0) is 17.9. The van der Waals surface area contributed by atoms with Crippen molar-refractivity contribution in [3.05, 3.63) is 64.5 Å². The summed E-state index contributed by atoms with van der Waals surface area (Å²) in [5.74, 6) is 2.21. The molecule has 6 nitrogen and oxygen atoms in total. The molecule has 0 fully saturated rings. The molecule has 7 heteroatoms. The Labute approximate surface area is 154 Å². The second-order valence-electron chi connectivity index (χ2n) is 5.82. The highest BCUT2D eigenvalue weighted by molar-refractivity contribution is 7.07. The van der Waals surface area contributed by atoms with E-state index in [4.69, 9.17) is 13.9 Å². The molecule has 1 aliphatic rings. The molecule has 3 aromatic rings. The van der Waals surface area contributed by atoms with Crippen molar-refractivity contribution in [2.24, 2.45) is 10.1 Å². The lowest BCUT2D eigenvalue weighted by Crippen LogP contribution is -2.12. The van der Waals surface area contributed by atoms with Crippen LogP contribution in [0, 0.1) is 0 Å². The molecule has 0 amide bonds. The first-order chi connectivity index (χ1) is 12.7. The third-order valence-corrected chi connectivity index (χ3v) is 4.52. The maximum atomic E-state index is 5.53. The van der Waals surface area contributed by atoms with Gasteiger partial charge >= 0.3 is 0 Å². The van der Waals surface area contributed by atoms with Crippen LogP contribution in [-0.2, 0) is 0 Å². The molecule has 1 aliphatic heterocycles. The summed E-state index contributed by atoms with van der Waals surface area (Å²) in [6, 6.07) is 9.46. The summed E-state index contributed by atoms with van der Waals surface area (Å²) < 4.78 is 18.1. The molecular formula is C19H17N3O3S. The van der Waals surface area contributed by atoms with Crippen molar-refractivity contribution in [2.75, 3.05) is 13.3 Å². The molecule has 1 aromatic carbocycles. The van der Waals surface area contributed by atoms with E-state index in [9.17, 15) is 0 Å². The highest BCUT2D eigenvalue weighted by Crippen LogP contribution is 2.32. The first-order valence-corrected chi connectivity index (χ1v) is 8.92. The number of benzene rings is 1. The van der Waals surface area contributed by atoms with E-state index in [-0.39, 0.29) is 6.79 Å². The fourth-order valence-electron chi connectivity index (χ4n) is 2.43. The molecule has 0 spiro atoms. The summed E-state index contributed by atoms with van der Waals surface area (Å²) in [4.78, 5) is 5.36. The molecule has 0 N–H and O–H groups in total. The van der Waals surface area contributed by atoms with Crippen LogP contribution < -0.4 is 14.3 Å². The molecule has 0 atom stereocenters. The minimum Gasteiger partial charge on any atom is -0.463 e. The van der Waals surface area contributed by atoms with E-state index in [1.54, 1.807) is 17.2 Å². The first-order valence-electron chi connectivity index (χ1n) is 8.04. The predicted molar refractivity (Wildman–Crippen MR) is 101 cm³/mol. The molecule has 132 valence electrons. The first kappa shape index (κ1) is 16.4. The second kappa shape index (κ2) is 7.05. The molecule has 3 heterocycles. The quantitative estimate of drug-likeness (QED) is 0.508. The number of furan rings is 1. The summed E-state index contributed by atoms with van der Waals surface area (Å²) in [5.41, 5.74) is 2.74. The van der Waals surface area contributed by atoms with Gasteiger partial charge in [0.15, 0.2) is 17.3 Å². The van der Waals surface area contributed by atoms with Crippen LogP contribution in [0.5, 0.6) is 11.5 Å². The van der Waals surface area contributed by atoms with Crippen LogP contribution in [0.4, 0.5) is 0 Å². The van der Waals surface area contributed by atoms with E-state index < -0.39 is 0 Å². The lowest BCUT2D eigenvalue weighted by atomic mass is 10.2. The van der Waals surface area contributed by atoms with Crippen LogP contribution in [0.3, 0.4) is 0 Å². The smallest absolute Gasteiger partial charge is 0.231 e. The average Bonchev–Trinajstić information content (AvgIpc) is 3.37. The van der Waals surface area contributed by atoms with Gasteiger partial charge in [-0.15, -0.1) is 11.3 Å². The number of thiazole rings is 1. The largest absolute Gasteiger partial charge is 0.463 e. The van der Waals surface area contributed by atoms with E-state index >= 15 is 0 Å².